The van der Waals surface area contributed by atoms with Crippen LogP contribution in [-0.4, -0.2) is 10.1 Å². The molecule has 2 N–H and O–H groups in total. The summed E-state index contributed by atoms with van der Waals surface area (Å²) in [7, 11) is 0. The number of halogens is 1. The van der Waals surface area contributed by atoms with E-state index in [9.17, 15) is 0 Å². The molecule has 0 atom stereocenters. The Morgan fingerprint density at radius 2 is 2.06 bits per heavy atom. The maximum absolute atomic E-state index is 5.83. The number of aromatic nitrogens is 2. The second-order valence-electron chi connectivity index (χ2n) is 5.49. The molecular weight excluding hydrogens is 294 g/mol. The number of hydrogen-bond acceptors (Lipinski definition) is 4. The third kappa shape index (κ3) is 3.10. The van der Waals surface area contributed by atoms with Gasteiger partial charge < -0.3 is 10.3 Å². The topological polar surface area (TPSA) is 64.9 Å². The van der Waals surface area contributed by atoms with Crippen LogP contribution in [0.4, 0.5) is 5.69 Å². The zero-order valence-electron chi connectivity index (χ0n) is 10.7. The zero-order chi connectivity index (χ0) is 13.3. The zero-order valence-corrected chi connectivity index (χ0v) is 12.3. The quantitative estimate of drug-likeness (QED) is 0.860. The molecule has 0 bridgehead atoms. The molecule has 2 rings (SSSR count). The van der Waals surface area contributed by atoms with Crippen molar-refractivity contribution in [2.24, 2.45) is 5.41 Å². The van der Waals surface area contributed by atoms with Gasteiger partial charge in [0.05, 0.1) is 0 Å². The molecule has 0 spiro atoms. The monoisotopic (exact) mass is 309 g/mol. The summed E-state index contributed by atoms with van der Waals surface area (Å²) < 4.78 is 6.12. The van der Waals surface area contributed by atoms with Crippen molar-refractivity contribution in [2.45, 2.75) is 27.2 Å². The predicted octanol–water partition coefficient (Wildman–Crippen LogP) is 3.67. The molecule has 0 saturated heterocycles. The lowest BCUT2D eigenvalue weighted by Crippen LogP contribution is -2.10. The highest BCUT2D eigenvalue weighted by atomic mass is 79.9. The largest absolute Gasteiger partial charge is 0.398 e. The number of nitrogens with two attached hydrogens (primary N) is 1. The van der Waals surface area contributed by atoms with E-state index in [0.717, 1.165) is 22.3 Å². The van der Waals surface area contributed by atoms with Crippen LogP contribution in [0.15, 0.2) is 27.2 Å². The van der Waals surface area contributed by atoms with E-state index in [4.69, 9.17) is 10.3 Å². The van der Waals surface area contributed by atoms with Crippen LogP contribution in [0.25, 0.3) is 11.5 Å². The number of nitrogens with zero attached hydrogens (tertiary/aromatic N) is 2. The highest BCUT2D eigenvalue weighted by Crippen LogP contribution is 2.27. The Kier molecular flexibility index (Phi) is 3.43. The van der Waals surface area contributed by atoms with Gasteiger partial charge in [0.1, 0.15) is 0 Å². The van der Waals surface area contributed by atoms with Gasteiger partial charge in [-0.2, -0.15) is 4.98 Å². The molecule has 0 saturated carbocycles. The highest BCUT2D eigenvalue weighted by molar-refractivity contribution is 9.10. The minimum absolute atomic E-state index is 0.139. The van der Waals surface area contributed by atoms with Crippen molar-refractivity contribution in [2.75, 3.05) is 5.73 Å². The smallest absolute Gasteiger partial charge is 0.257 e. The second-order valence-corrected chi connectivity index (χ2v) is 6.34. The minimum Gasteiger partial charge on any atom is -0.398 e. The summed E-state index contributed by atoms with van der Waals surface area (Å²) in [6.07, 6.45) is 0.780. The lowest BCUT2D eigenvalue weighted by molar-refractivity contribution is 0.374. The van der Waals surface area contributed by atoms with E-state index in [1.165, 1.54) is 0 Å². The van der Waals surface area contributed by atoms with Gasteiger partial charge in [-0.3, -0.25) is 0 Å². The molecule has 1 aromatic carbocycles. The van der Waals surface area contributed by atoms with Gasteiger partial charge in [0, 0.05) is 22.1 Å². The van der Waals surface area contributed by atoms with Gasteiger partial charge in [-0.1, -0.05) is 25.9 Å². The SMILES string of the molecule is CC(C)(C)Cc1noc(-c2ccc(Br)c(N)c2)n1. The van der Waals surface area contributed by atoms with Gasteiger partial charge in [0.25, 0.3) is 5.89 Å². The Morgan fingerprint density at radius 1 is 1.33 bits per heavy atom. The number of rotatable bonds is 2. The van der Waals surface area contributed by atoms with Crippen molar-refractivity contribution < 1.29 is 4.52 Å². The van der Waals surface area contributed by atoms with Crippen LogP contribution in [0.5, 0.6) is 0 Å². The van der Waals surface area contributed by atoms with Crippen LogP contribution in [0.3, 0.4) is 0 Å². The molecule has 0 fully saturated rings. The average Bonchev–Trinajstić information content (AvgIpc) is 2.68. The molecule has 0 amide bonds. The summed E-state index contributed by atoms with van der Waals surface area (Å²) in [5, 5.41) is 3.99. The summed E-state index contributed by atoms with van der Waals surface area (Å²) in [5.74, 6) is 1.23. The third-order valence-corrected chi connectivity index (χ3v) is 3.12. The van der Waals surface area contributed by atoms with E-state index in [1.807, 2.05) is 18.2 Å². The average molecular weight is 310 g/mol. The summed E-state index contributed by atoms with van der Waals surface area (Å²) in [6.45, 7) is 6.42. The van der Waals surface area contributed by atoms with E-state index >= 15 is 0 Å². The minimum atomic E-state index is 0.139. The van der Waals surface area contributed by atoms with Crippen LogP contribution < -0.4 is 5.73 Å². The van der Waals surface area contributed by atoms with E-state index in [0.29, 0.717) is 11.6 Å². The van der Waals surface area contributed by atoms with Gasteiger partial charge in [0.15, 0.2) is 5.82 Å². The lowest BCUT2D eigenvalue weighted by atomic mass is 9.92. The molecule has 0 aliphatic heterocycles. The van der Waals surface area contributed by atoms with Crippen LogP contribution >= 0.6 is 15.9 Å². The maximum Gasteiger partial charge on any atom is 0.257 e. The first-order chi connectivity index (χ1) is 8.35. The van der Waals surface area contributed by atoms with Crippen molar-refractivity contribution in [3.8, 4) is 11.5 Å². The number of nitrogen functional groups attached to an aromatic ring is 1. The molecule has 4 nitrogen and oxygen atoms in total. The highest BCUT2D eigenvalue weighted by Gasteiger charge is 2.17. The molecule has 18 heavy (non-hydrogen) atoms. The molecule has 1 heterocycles. The van der Waals surface area contributed by atoms with Gasteiger partial charge in [-0.15, -0.1) is 0 Å². The Hall–Kier alpha value is -1.36. The van der Waals surface area contributed by atoms with E-state index in [-0.39, 0.29) is 5.41 Å². The van der Waals surface area contributed by atoms with Crippen LogP contribution in [0.1, 0.15) is 26.6 Å². The molecular formula is C13H16BrN3O. The summed E-state index contributed by atoms with van der Waals surface area (Å²) >= 11 is 3.36. The Morgan fingerprint density at radius 3 is 2.67 bits per heavy atom. The number of anilines is 1. The summed E-state index contributed by atoms with van der Waals surface area (Å²) in [4.78, 5) is 4.39. The number of benzene rings is 1. The molecule has 5 heteroatoms. The van der Waals surface area contributed by atoms with Crippen molar-refractivity contribution in [3.05, 3.63) is 28.5 Å². The van der Waals surface area contributed by atoms with Crippen molar-refractivity contribution in [1.82, 2.24) is 10.1 Å². The fourth-order valence-corrected chi connectivity index (χ4v) is 1.84. The Bertz CT molecular complexity index is 558. The van der Waals surface area contributed by atoms with Gasteiger partial charge >= 0.3 is 0 Å². The first-order valence-corrected chi connectivity index (χ1v) is 6.52. The molecule has 0 radical (unpaired) electrons. The fourth-order valence-electron chi connectivity index (χ4n) is 1.59. The third-order valence-electron chi connectivity index (χ3n) is 2.40. The molecule has 0 unspecified atom stereocenters. The van der Waals surface area contributed by atoms with Gasteiger partial charge in [-0.25, -0.2) is 0 Å². The van der Waals surface area contributed by atoms with Crippen molar-refractivity contribution in [3.63, 3.8) is 0 Å². The lowest BCUT2D eigenvalue weighted by Gasteiger charge is -2.14. The molecule has 0 aliphatic rings. The van der Waals surface area contributed by atoms with E-state index < -0.39 is 0 Å². The van der Waals surface area contributed by atoms with Gasteiger partial charge in [-0.05, 0) is 39.5 Å². The van der Waals surface area contributed by atoms with Crippen LogP contribution in [0.2, 0.25) is 0 Å². The van der Waals surface area contributed by atoms with E-state index in [2.05, 4.69) is 46.8 Å². The normalized spacial score (nSPS) is 11.8. The first kappa shape index (κ1) is 13.1. The predicted molar refractivity (Wildman–Crippen MR) is 75.0 cm³/mol. The van der Waals surface area contributed by atoms with Crippen LogP contribution in [0, 0.1) is 5.41 Å². The number of hydrogen-bond donors (Lipinski definition) is 1. The Balaban J connectivity index is 2.26. The van der Waals surface area contributed by atoms with Crippen molar-refractivity contribution in [1.29, 1.82) is 0 Å². The van der Waals surface area contributed by atoms with Crippen LogP contribution in [-0.2, 0) is 6.42 Å². The van der Waals surface area contributed by atoms with Crippen molar-refractivity contribution >= 4 is 21.6 Å². The first-order valence-electron chi connectivity index (χ1n) is 5.73. The standard InChI is InChI=1S/C13H16BrN3O/c1-13(2,3)7-11-16-12(18-17-11)8-4-5-9(14)10(15)6-8/h4-6H,7,15H2,1-3H3. The summed E-state index contributed by atoms with van der Waals surface area (Å²) in [6, 6.07) is 5.59. The molecule has 96 valence electrons. The van der Waals surface area contributed by atoms with Gasteiger partial charge in [0.2, 0.25) is 0 Å². The van der Waals surface area contributed by atoms with E-state index in [1.54, 1.807) is 0 Å². The summed E-state index contributed by atoms with van der Waals surface area (Å²) in [5.41, 5.74) is 7.46. The molecule has 0 aliphatic carbocycles. The fraction of sp³-hybridized carbons (Fsp3) is 0.385. The molecule has 1 aromatic heterocycles. The maximum atomic E-state index is 5.83. The second kappa shape index (κ2) is 4.72. The Labute approximate surface area is 115 Å². The molecule has 2 aromatic rings.